The molecule has 146 valence electrons. The van der Waals surface area contributed by atoms with Crippen molar-refractivity contribution in [1.82, 2.24) is 20.1 Å². The van der Waals surface area contributed by atoms with Gasteiger partial charge in [-0.1, -0.05) is 0 Å². The number of benzene rings is 1. The lowest BCUT2D eigenvalue weighted by molar-refractivity contribution is 0.311. The van der Waals surface area contributed by atoms with Gasteiger partial charge in [-0.05, 0) is 38.8 Å². The second kappa shape index (κ2) is 9.25. The Kier molecular flexibility index (Phi) is 6.51. The van der Waals surface area contributed by atoms with Crippen molar-refractivity contribution >= 4 is 11.6 Å². The Hall–Kier alpha value is -2.77. The molecule has 0 radical (unpaired) electrons. The minimum atomic E-state index is 0.483. The van der Waals surface area contributed by atoms with Crippen LogP contribution < -0.4 is 20.1 Å². The van der Waals surface area contributed by atoms with E-state index in [1.165, 1.54) is 12.8 Å². The van der Waals surface area contributed by atoms with E-state index >= 15 is 0 Å². The summed E-state index contributed by atoms with van der Waals surface area (Å²) in [4.78, 5) is 4.67. The van der Waals surface area contributed by atoms with Crippen molar-refractivity contribution in [3.05, 3.63) is 29.8 Å². The summed E-state index contributed by atoms with van der Waals surface area (Å²) in [6.45, 7) is 6.80. The number of aryl methyl sites for hydroxylation is 1. The van der Waals surface area contributed by atoms with Gasteiger partial charge in [0.2, 0.25) is 0 Å². The molecule has 0 atom stereocenters. The van der Waals surface area contributed by atoms with Crippen molar-refractivity contribution in [2.45, 2.75) is 46.2 Å². The SMILES string of the molecule is CCNC(=NCc1nnc2n1CCCC2)Nc1ccc(OCC)c(OC)c1. The van der Waals surface area contributed by atoms with Crippen LogP contribution in [0.5, 0.6) is 11.5 Å². The van der Waals surface area contributed by atoms with Crippen molar-refractivity contribution in [3.8, 4) is 11.5 Å². The van der Waals surface area contributed by atoms with E-state index in [9.17, 15) is 0 Å². The lowest BCUT2D eigenvalue weighted by Crippen LogP contribution is -2.30. The molecule has 2 aromatic rings. The van der Waals surface area contributed by atoms with Crippen LogP contribution >= 0.6 is 0 Å². The number of aromatic nitrogens is 3. The van der Waals surface area contributed by atoms with E-state index in [1.807, 2.05) is 32.0 Å². The molecule has 1 aromatic heterocycles. The third kappa shape index (κ3) is 4.69. The van der Waals surface area contributed by atoms with Gasteiger partial charge in [0.05, 0.1) is 13.7 Å². The number of guanidine groups is 1. The first kappa shape index (κ1) is 19.0. The molecule has 0 amide bonds. The molecule has 0 unspecified atom stereocenters. The van der Waals surface area contributed by atoms with Crippen LogP contribution in [0.3, 0.4) is 0 Å². The van der Waals surface area contributed by atoms with E-state index in [-0.39, 0.29) is 0 Å². The molecule has 0 aliphatic carbocycles. The van der Waals surface area contributed by atoms with E-state index < -0.39 is 0 Å². The Labute approximate surface area is 160 Å². The first-order chi connectivity index (χ1) is 13.2. The highest BCUT2D eigenvalue weighted by Gasteiger charge is 2.15. The number of fused-ring (bicyclic) bond motifs is 1. The molecular formula is C19H28N6O2. The molecule has 27 heavy (non-hydrogen) atoms. The second-order valence-corrected chi connectivity index (χ2v) is 6.26. The summed E-state index contributed by atoms with van der Waals surface area (Å²) in [5.41, 5.74) is 0.873. The number of nitrogens with zero attached hydrogens (tertiary/aromatic N) is 4. The summed E-state index contributed by atoms with van der Waals surface area (Å²) in [5.74, 6) is 4.08. The van der Waals surface area contributed by atoms with E-state index in [4.69, 9.17) is 9.47 Å². The van der Waals surface area contributed by atoms with Gasteiger partial charge in [0.1, 0.15) is 12.4 Å². The fraction of sp³-hybridized carbons (Fsp3) is 0.526. The summed E-state index contributed by atoms with van der Waals surface area (Å²) in [6, 6.07) is 5.74. The first-order valence-corrected chi connectivity index (χ1v) is 9.52. The molecule has 2 heterocycles. The number of aliphatic imine (C=N–C) groups is 1. The van der Waals surface area contributed by atoms with E-state index in [2.05, 4.69) is 30.4 Å². The summed E-state index contributed by atoms with van der Waals surface area (Å²) >= 11 is 0. The fourth-order valence-electron chi connectivity index (χ4n) is 3.10. The molecule has 2 N–H and O–H groups in total. The largest absolute Gasteiger partial charge is 0.493 e. The van der Waals surface area contributed by atoms with Crippen molar-refractivity contribution in [3.63, 3.8) is 0 Å². The van der Waals surface area contributed by atoms with Crippen LogP contribution in [0.25, 0.3) is 0 Å². The van der Waals surface area contributed by atoms with Crippen molar-refractivity contribution in [1.29, 1.82) is 0 Å². The number of methoxy groups -OCH3 is 1. The maximum absolute atomic E-state index is 5.57. The Morgan fingerprint density at radius 1 is 1.22 bits per heavy atom. The molecule has 1 aromatic carbocycles. The Morgan fingerprint density at radius 2 is 2.11 bits per heavy atom. The zero-order valence-electron chi connectivity index (χ0n) is 16.3. The Balaban J connectivity index is 1.73. The fourth-order valence-corrected chi connectivity index (χ4v) is 3.10. The molecule has 1 aliphatic rings. The quantitative estimate of drug-likeness (QED) is 0.574. The van der Waals surface area contributed by atoms with E-state index in [0.717, 1.165) is 42.6 Å². The van der Waals surface area contributed by atoms with Gasteiger partial charge in [-0.3, -0.25) is 0 Å². The monoisotopic (exact) mass is 372 g/mol. The van der Waals surface area contributed by atoms with Gasteiger partial charge in [0, 0.05) is 31.3 Å². The van der Waals surface area contributed by atoms with Crippen LogP contribution in [0.4, 0.5) is 5.69 Å². The van der Waals surface area contributed by atoms with Crippen LogP contribution in [0.1, 0.15) is 38.3 Å². The smallest absolute Gasteiger partial charge is 0.196 e. The maximum Gasteiger partial charge on any atom is 0.196 e. The van der Waals surface area contributed by atoms with Gasteiger partial charge in [-0.2, -0.15) is 0 Å². The van der Waals surface area contributed by atoms with Gasteiger partial charge < -0.3 is 24.7 Å². The highest BCUT2D eigenvalue weighted by atomic mass is 16.5. The van der Waals surface area contributed by atoms with E-state index in [0.29, 0.717) is 24.9 Å². The normalized spacial score (nSPS) is 13.8. The van der Waals surface area contributed by atoms with Crippen molar-refractivity contribution in [2.75, 3.05) is 25.6 Å². The number of nitrogens with one attached hydrogen (secondary N) is 2. The third-order valence-corrected chi connectivity index (χ3v) is 4.39. The van der Waals surface area contributed by atoms with Gasteiger partial charge >= 0.3 is 0 Å². The highest BCUT2D eigenvalue weighted by Crippen LogP contribution is 2.30. The second-order valence-electron chi connectivity index (χ2n) is 6.26. The van der Waals surface area contributed by atoms with Crippen LogP contribution in [0.2, 0.25) is 0 Å². The van der Waals surface area contributed by atoms with Crippen LogP contribution in [0, 0.1) is 0 Å². The number of ether oxygens (including phenoxy) is 2. The van der Waals surface area contributed by atoms with Gasteiger partial charge in [0.25, 0.3) is 0 Å². The zero-order chi connectivity index (χ0) is 19.1. The Bertz CT molecular complexity index is 787. The molecule has 8 nitrogen and oxygen atoms in total. The summed E-state index contributed by atoms with van der Waals surface area (Å²) < 4.78 is 13.2. The van der Waals surface area contributed by atoms with E-state index in [1.54, 1.807) is 7.11 Å². The molecule has 3 rings (SSSR count). The van der Waals surface area contributed by atoms with Gasteiger partial charge in [-0.25, -0.2) is 4.99 Å². The molecule has 1 aliphatic heterocycles. The minimum Gasteiger partial charge on any atom is -0.493 e. The molecular weight excluding hydrogens is 344 g/mol. The summed E-state index contributed by atoms with van der Waals surface area (Å²) in [6.07, 6.45) is 3.36. The Morgan fingerprint density at radius 3 is 2.89 bits per heavy atom. The van der Waals surface area contributed by atoms with Crippen molar-refractivity contribution < 1.29 is 9.47 Å². The molecule has 8 heteroatoms. The van der Waals surface area contributed by atoms with Crippen molar-refractivity contribution in [2.24, 2.45) is 4.99 Å². The third-order valence-electron chi connectivity index (χ3n) is 4.39. The average Bonchev–Trinajstić information content (AvgIpc) is 3.11. The number of hydrogen-bond acceptors (Lipinski definition) is 5. The molecule has 0 fully saturated rings. The number of rotatable bonds is 7. The lowest BCUT2D eigenvalue weighted by atomic mass is 10.2. The standard InChI is InChI=1S/C19H28N6O2/c1-4-20-19(21-13-18-24-23-17-8-6-7-11-25(17)18)22-14-9-10-15(27-5-2)16(12-14)26-3/h9-10,12H,4-8,11,13H2,1-3H3,(H2,20,21,22). The maximum atomic E-state index is 5.57. The first-order valence-electron chi connectivity index (χ1n) is 9.52. The minimum absolute atomic E-state index is 0.483. The van der Waals surface area contributed by atoms with Crippen LogP contribution in [-0.2, 0) is 19.5 Å². The van der Waals surface area contributed by atoms with Crippen LogP contribution in [0.15, 0.2) is 23.2 Å². The zero-order valence-corrected chi connectivity index (χ0v) is 16.3. The lowest BCUT2D eigenvalue weighted by Gasteiger charge is -2.15. The number of anilines is 1. The molecule has 0 spiro atoms. The highest BCUT2D eigenvalue weighted by molar-refractivity contribution is 5.93. The molecule has 0 saturated carbocycles. The molecule has 0 saturated heterocycles. The summed E-state index contributed by atoms with van der Waals surface area (Å²) in [7, 11) is 1.63. The number of hydrogen-bond donors (Lipinski definition) is 2. The van der Waals surface area contributed by atoms with Gasteiger partial charge in [0.15, 0.2) is 23.3 Å². The van der Waals surface area contributed by atoms with Gasteiger partial charge in [-0.15, -0.1) is 10.2 Å². The van der Waals surface area contributed by atoms with Crippen LogP contribution in [-0.4, -0.2) is 41.0 Å². The predicted octanol–water partition coefficient (Wildman–Crippen LogP) is 2.60. The summed E-state index contributed by atoms with van der Waals surface area (Å²) in [5, 5.41) is 15.2. The topological polar surface area (TPSA) is 85.6 Å². The average molecular weight is 372 g/mol. The predicted molar refractivity (Wildman–Crippen MR) is 106 cm³/mol. The molecule has 0 bridgehead atoms.